The van der Waals surface area contributed by atoms with Crippen molar-refractivity contribution in [3.8, 4) is 0 Å². The molecule has 0 bridgehead atoms. The van der Waals surface area contributed by atoms with Crippen molar-refractivity contribution in [3.05, 3.63) is 34.3 Å². The monoisotopic (exact) mass is 293 g/mol. The second kappa shape index (κ2) is 7.09. The lowest BCUT2D eigenvalue weighted by atomic mass is 9.92. The van der Waals surface area contributed by atoms with Crippen LogP contribution in [0.4, 0.5) is 0 Å². The van der Waals surface area contributed by atoms with Crippen molar-refractivity contribution >= 4 is 17.4 Å². The third-order valence-electron chi connectivity index (χ3n) is 4.16. The summed E-state index contributed by atoms with van der Waals surface area (Å²) >= 11 is 6.29. The molecule has 0 amide bonds. The summed E-state index contributed by atoms with van der Waals surface area (Å²) < 4.78 is 0. The predicted octanol–water partition coefficient (Wildman–Crippen LogP) is 3.64. The van der Waals surface area contributed by atoms with Crippen LogP contribution in [-0.4, -0.2) is 23.8 Å². The zero-order chi connectivity index (χ0) is 14.5. The number of halogens is 1. The van der Waals surface area contributed by atoms with Gasteiger partial charge in [0, 0.05) is 17.1 Å². The molecule has 0 atom stereocenters. The first kappa shape index (κ1) is 15.3. The van der Waals surface area contributed by atoms with Gasteiger partial charge in [0.1, 0.15) is 5.84 Å². The van der Waals surface area contributed by atoms with E-state index in [0.29, 0.717) is 10.6 Å². The minimum atomic E-state index is 0.0684. The smallest absolute Gasteiger partial charge is 0.122 e. The van der Waals surface area contributed by atoms with Gasteiger partial charge in [0.25, 0.3) is 0 Å². The largest absolute Gasteiger partial charge is 0.384 e. The molecule has 0 aromatic heterocycles. The van der Waals surface area contributed by atoms with E-state index in [2.05, 4.69) is 11.8 Å². The highest BCUT2D eigenvalue weighted by Gasteiger charge is 2.19. The van der Waals surface area contributed by atoms with Gasteiger partial charge in [-0.3, -0.25) is 10.3 Å². The first-order valence-electron chi connectivity index (χ1n) is 7.45. The molecule has 3 nitrogen and oxygen atoms in total. The Labute approximate surface area is 126 Å². The Kier molecular flexibility index (Phi) is 5.44. The zero-order valence-electron chi connectivity index (χ0n) is 12.2. The molecule has 1 fully saturated rings. The molecule has 110 valence electrons. The average molecular weight is 294 g/mol. The molecule has 1 heterocycles. The molecule has 0 unspecified atom stereocenters. The van der Waals surface area contributed by atoms with Gasteiger partial charge >= 0.3 is 0 Å². The molecule has 0 radical (unpaired) electrons. The number of nitrogens with zero attached hydrogens (tertiary/aromatic N) is 1. The Bertz CT molecular complexity index is 465. The number of hydrogen-bond donors (Lipinski definition) is 2. The molecule has 0 aliphatic carbocycles. The standard InChI is InChI=1S/C16H24ClN3/c1-2-3-12-6-8-20(9-7-12)11-14-5-4-13(16(18)19)10-15(14)17/h4-5,10,12H,2-3,6-9,11H2,1H3,(H3,18,19). The van der Waals surface area contributed by atoms with Crippen LogP contribution in [0.5, 0.6) is 0 Å². The van der Waals surface area contributed by atoms with Gasteiger partial charge in [-0.05, 0) is 43.5 Å². The van der Waals surface area contributed by atoms with Crippen molar-refractivity contribution in [2.45, 2.75) is 39.2 Å². The summed E-state index contributed by atoms with van der Waals surface area (Å²) in [4.78, 5) is 2.47. The minimum Gasteiger partial charge on any atom is -0.384 e. The van der Waals surface area contributed by atoms with Gasteiger partial charge in [0.05, 0.1) is 0 Å². The van der Waals surface area contributed by atoms with Crippen LogP contribution in [0.1, 0.15) is 43.7 Å². The summed E-state index contributed by atoms with van der Waals surface area (Å²) in [5.41, 5.74) is 7.30. The number of benzene rings is 1. The summed E-state index contributed by atoms with van der Waals surface area (Å²) in [7, 11) is 0. The van der Waals surface area contributed by atoms with Crippen LogP contribution >= 0.6 is 11.6 Å². The SMILES string of the molecule is CCCC1CCN(Cc2ccc(C(=N)N)cc2Cl)CC1. The van der Waals surface area contributed by atoms with Crippen LogP contribution in [0, 0.1) is 11.3 Å². The number of nitrogens with two attached hydrogens (primary N) is 1. The Hall–Kier alpha value is -1.06. The van der Waals surface area contributed by atoms with Crippen molar-refractivity contribution in [1.82, 2.24) is 4.90 Å². The highest BCUT2D eigenvalue weighted by molar-refractivity contribution is 6.31. The van der Waals surface area contributed by atoms with Crippen LogP contribution in [0.25, 0.3) is 0 Å². The molecule has 0 saturated carbocycles. The molecule has 4 heteroatoms. The van der Waals surface area contributed by atoms with E-state index in [0.717, 1.165) is 31.1 Å². The molecular weight excluding hydrogens is 270 g/mol. The van der Waals surface area contributed by atoms with Crippen LogP contribution in [0.2, 0.25) is 5.02 Å². The number of amidine groups is 1. The average Bonchev–Trinajstić information content (AvgIpc) is 2.43. The van der Waals surface area contributed by atoms with Crippen molar-refractivity contribution in [2.24, 2.45) is 11.7 Å². The number of piperidine rings is 1. The number of nitrogen functional groups attached to an aromatic ring is 1. The normalized spacial score (nSPS) is 17.3. The van der Waals surface area contributed by atoms with Gasteiger partial charge in [-0.15, -0.1) is 0 Å². The lowest BCUT2D eigenvalue weighted by Gasteiger charge is -2.32. The van der Waals surface area contributed by atoms with Gasteiger partial charge in [0.2, 0.25) is 0 Å². The fourth-order valence-corrected chi connectivity index (χ4v) is 3.17. The molecule has 1 saturated heterocycles. The third kappa shape index (κ3) is 3.97. The summed E-state index contributed by atoms with van der Waals surface area (Å²) in [6.07, 6.45) is 5.26. The lowest BCUT2D eigenvalue weighted by Crippen LogP contribution is -2.33. The quantitative estimate of drug-likeness (QED) is 0.643. The molecule has 1 aromatic carbocycles. The summed E-state index contributed by atoms with van der Waals surface area (Å²) in [5, 5.41) is 8.14. The molecule has 3 N–H and O–H groups in total. The molecule has 1 aromatic rings. The molecular formula is C16H24ClN3. The fraction of sp³-hybridized carbons (Fsp3) is 0.562. The topological polar surface area (TPSA) is 53.1 Å². The summed E-state index contributed by atoms with van der Waals surface area (Å²) in [6.45, 7) is 5.49. The predicted molar refractivity (Wildman–Crippen MR) is 85.4 cm³/mol. The third-order valence-corrected chi connectivity index (χ3v) is 4.51. The number of nitrogens with one attached hydrogen (secondary N) is 1. The molecule has 1 aliphatic rings. The van der Waals surface area contributed by atoms with Crippen LogP contribution in [0.15, 0.2) is 18.2 Å². The van der Waals surface area contributed by atoms with E-state index in [1.54, 1.807) is 6.07 Å². The van der Waals surface area contributed by atoms with Crippen molar-refractivity contribution in [3.63, 3.8) is 0 Å². The van der Waals surface area contributed by atoms with E-state index in [-0.39, 0.29) is 5.84 Å². The van der Waals surface area contributed by atoms with Crippen molar-refractivity contribution in [2.75, 3.05) is 13.1 Å². The lowest BCUT2D eigenvalue weighted by molar-refractivity contribution is 0.172. The maximum atomic E-state index is 7.43. The van der Waals surface area contributed by atoms with E-state index in [1.165, 1.54) is 25.7 Å². The van der Waals surface area contributed by atoms with Gasteiger partial charge in [-0.1, -0.05) is 43.5 Å². The maximum Gasteiger partial charge on any atom is 0.122 e. The number of hydrogen-bond acceptors (Lipinski definition) is 2. The van der Waals surface area contributed by atoms with Crippen LogP contribution in [-0.2, 0) is 6.54 Å². The Balaban J connectivity index is 1.93. The number of likely N-dealkylation sites (tertiary alicyclic amines) is 1. The van der Waals surface area contributed by atoms with Gasteiger partial charge in [-0.25, -0.2) is 0 Å². The highest BCUT2D eigenvalue weighted by atomic mass is 35.5. The minimum absolute atomic E-state index is 0.0684. The second-order valence-electron chi connectivity index (χ2n) is 5.73. The first-order chi connectivity index (χ1) is 9.60. The summed E-state index contributed by atoms with van der Waals surface area (Å²) in [5.74, 6) is 0.977. The second-order valence-corrected chi connectivity index (χ2v) is 6.14. The Morgan fingerprint density at radius 1 is 1.40 bits per heavy atom. The van der Waals surface area contributed by atoms with E-state index < -0.39 is 0 Å². The van der Waals surface area contributed by atoms with Crippen LogP contribution < -0.4 is 5.73 Å². The molecule has 2 rings (SSSR count). The van der Waals surface area contributed by atoms with Crippen molar-refractivity contribution in [1.29, 1.82) is 5.41 Å². The van der Waals surface area contributed by atoms with E-state index in [9.17, 15) is 0 Å². The Morgan fingerprint density at radius 2 is 2.10 bits per heavy atom. The molecule has 1 aliphatic heterocycles. The van der Waals surface area contributed by atoms with Crippen molar-refractivity contribution < 1.29 is 0 Å². The van der Waals surface area contributed by atoms with Gasteiger partial charge < -0.3 is 5.73 Å². The van der Waals surface area contributed by atoms with E-state index in [1.807, 2.05) is 12.1 Å². The van der Waals surface area contributed by atoms with Crippen LogP contribution in [0.3, 0.4) is 0 Å². The maximum absolute atomic E-state index is 7.43. The first-order valence-corrected chi connectivity index (χ1v) is 7.83. The Morgan fingerprint density at radius 3 is 2.65 bits per heavy atom. The van der Waals surface area contributed by atoms with E-state index >= 15 is 0 Å². The van der Waals surface area contributed by atoms with Gasteiger partial charge in [0.15, 0.2) is 0 Å². The van der Waals surface area contributed by atoms with Gasteiger partial charge in [-0.2, -0.15) is 0 Å². The fourth-order valence-electron chi connectivity index (χ4n) is 2.93. The molecule has 0 spiro atoms. The van der Waals surface area contributed by atoms with E-state index in [4.69, 9.17) is 22.7 Å². The molecule has 20 heavy (non-hydrogen) atoms. The summed E-state index contributed by atoms with van der Waals surface area (Å²) in [6, 6.07) is 5.67. The highest BCUT2D eigenvalue weighted by Crippen LogP contribution is 2.25. The number of rotatable bonds is 5. The zero-order valence-corrected chi connectivity index (χ0v) is 12.9.